The topological polar surface area (TPSA) is 66.8 Å². The molecule has 0 aromatic heterocycles. The lowest BCUT2D eigenvalue weighted by Crippen LogP contribution is -2.04. The summed E-state index contributed by atoms with van der Waals surface area (Å²) in [5.74, 6) is -0.696. The molecule has 0 spiro atoms. The van der Waals surface area contributed by atoms with Crippen LogP contribution in [0.5, 0.6) is 0 Å². The number of carbonyl (C=O) groups is 1. The summed E-state index contributed by atoms with van der Waals surface area (Å²) in [6, 6.07) is 0. The Balaban J connectivity index is 3.42. The molecule has 0 amide bonds. The van der Waals surface area contributed by atoms with E-state index in [0.717, 1.165) is 38.5 Å². The number of rotatable bonds is 14. The van der Waals surface area contributed by atoms with Gasteiger partial charge >= 0.3 is 5.97 Å². The Bertz CT molecular complexity index is 345. The van der Waals surface area contributed by atoms with Gasteiger partial charge in [0.25, 0.3) is 0 Å². The average molecular weight is 310 g/mol. The molecule has 1 unspecified atom stereocenters. The molecule has 0 aliphatic carbocycles. The minimum atomic E-state index is -0.696. The van der Waals surface area contributed by atoms with Crippen molar-refractivity contribution in [2.45, 2.75) is 70.8 Å². The monoisotopic (exact) mass is 310 g/mol. The minimum Gasteiger partial charge on any atom is -0.481 e. The molecule has 2 N–H and O–H groups in total. The Kier molecular flexibility index (Phi) is 15.0. The van der Waals surface area contributed by atoms with E-state index in [9.17, 15) is 4.79 Å². The van der Waals surface area contributed by atoms with Crippen LogP contribution in [0.3, 0.4) is 0 Å². The molecule has 0 aromatic rings. The predicted molar refractivity (Wildman–Crippen MR) is 89.8 cm³/mol. The van der Waals surface area contributed by atoms with Gasteiger partial charge in [-0.2, -0.15) is 0 Å². The Labute approximate surface area is 134 Å². The molecule has 0 radical (unpaired) electrons. The molecule has 4 heteroatoms. The second-order valence-electron chi connectivity index (χ2n) is 5.28. The molecule has 1 atom stereocenters. The van der Waals surface area contributed by atoms with Gasteiger partial charge in [-0.25, -0.2) is 4.89 Å². The number of aliphatic carboxylic acids is 1. The highest BCUT2D eigenvalue weighted by molar-refractivity contribution is 5.66. The van der Waals surface area contributed by atoms with Crippen molar-refractivity contribution in [1.29, 1.82) is 0 Å². The highest BCUT2D eigenvalue weighted by atomic mass is 17.1. The smallest absolute Gasteiger partial charge is 0.303 e. The molecule has 0 aliphatic heterocycles. The van der Waals surface area contributed by atoms with E-state index >= 15 is 0 Å². The van der Waals surface area contributed by atoms with Crippen LogP contribution in [0.2, 0.25) is 0 Å². The maximum Gasteiger partial charge on any atom is 0.303 e. The third-order valence-corrected chi connectivity index (χ3v) is 3.28. The summed E-state index contributed by atoms with van der Waals surface area (Å²) in [4.78, 5) is 14.6. The quantitative estimate of drug-likeness (QED) is 0.202. The lowest BCUT2D eigenvalue weighted by Gasteiger charge is -2.03. The van der Waals surface area contributed by atoms with Crippen LogP contribution in [0.15, 0.2) is 36.5 Å². The first-order valence-corrected chi connectivity index (χ1v) is 8.15. The normalized spacial score (nSPS) is 13.5. The van der Waals surface area contributed by atoms with Crippen LogP contribution < -0.4 is 0 Å². The van der Waals surface area contributed by atoms with E-state index < -0.39 is 5.97 Å². The molecule has 4 nitrogen and oxygen atoms in total. The highest BCUT2D eigenvalue weighted by Gasteiger charge is 1.99. The van der Waals surface area contributed by atoms with Gasteiger partial charge < -0.3 is 5.11 Å². The minimum absolute atomic E-state index is 0.258. The predicted octanol–water partition coefficient (Wildman–Crippen LogP) is 5.13. The average Bonchev–Trinajstić information content (AvgIpc) is 2.50. The van der Waals surface area contributed by atoms with Crippen molar-refractivity contribution < 1.29 is 20.0 Å². The van der Waals surface area contributed by atoms with Gasteiger partial charge in [-0.05, 0) is 39.0 Å². The lowest BCUT2D eigenvalue weighted by atomic mass is 10.1. The molecule has 0 aliphatic rings. The second-order valence-corrected chi connectivity index (χ2v) is 5.28. The highest BCUT2D eigenvalue weighted by Crippen LogP contribution is 2.08. The molecule has 0 bridgehead atoms. The number of carboxylic acids is 1. The fourth-order valence-corrected chi connectivity index (χ4v) is 2.06. The van der Waals surface area contributed by atoms with Crippen LogP contribution in [0.4, 0.5) is 0 Å². The molecular formula is C18H30O4. The van der Waals surface area contributed by atoms with E-state index in [1.165, 1.54) is 6.42 Å². The second kappa shape index (κ2) is 16.0. The summed E-state index contributed by atoms with van der Waals surface area (Å²) in [6.45, 7) is 1.89. The fraction of sp³-hybridized carbons (Fsp3) is 0.611. The van der Waals surface area contributed by atoms with E-state index in [-0.39, 0.29) is 6.10 Å². The number of allylic oxidation sites excluding steroid dienone is 4. The zero-order valence-corrected chi connectivity index (χ0v) is 13.6. The van der Waals surface area contributed by atoms with Gasteiger partial charge in [0.1, 0.15) is 6.10 Å². The molecule has 0 rings (SSSR count). The molecule has 0 heterocycles. The van der Waals surface area contributed by atoms with Crippen LogP contribution in [-0.2, 0) is 9.68 Å². The summed E-state index contributed by atoms with van der Waals surface area (Å²) in [5, 5.41) is 17.1. The summed E-state index contributed by atoms with van der Waals surface area (Å²) in [7, 11) is 0. The SMILES string of the molecule is C/C=C/C(CC=CCC=CCCCCCCCC(=O)O)OO. The van der Waals surface area contributed by atoms with Gasteiger partial charge in [0, 0.05) is 6.42 Å². The van der Waals surface area contributed by atoms with Gasteiger partial charge in [0.05, 0.1) is 0 Å². The third kappa shape index (κ3) is 15.0. The van der Waals surface area contributed by atoms with Crippen LogP contribution in [0.25, 0.3) is 0 Å². The molecule has 0 saturated carbocycles. The standard InChI is InChI=1S/C18H30O4/c1-2-14-17(22-21)15-12-10-8-6-4-3-5-7-9-11-13-16-18(19)20/h2,4,6,10,12,14,17,21H,3,5,7-9,11,13,15-16H2,1H3,(H,19,20)/b6-4?,12-10?,14-2+. The summed E-state index contributed by atoms with van der Waals surface area (Å²) in [5.41, 5.74) is 0. The van der Waals surface area contributed by atoms with E-state index in [2.05, 4.69) is 23.1 Å². The van der Waals surface area contributed by atoms with Crippen molar-refractivity contribution >= 4 is 5.97 Å². The number of unbranched alkanes of at least 4 members (excludes halogenated alkanes) is 5. The summed E-state index contributed by atoms with van der Waals surface area (Å²) >= 11 is 0. The Morgan fingerprint density at radius 1 is 1.05 bits per heavy atom. The molecule has 0 aromatic carbocycles. The van der Waals surface area contributed by atoms with Crippen molar-refractivity contribution in [2.75, 3.05) is 0 Å². The first-order valence-electron chi connectivity index (χ1n) is 8.15. The molecule has 0 fully saturated rings. The van der Waals surface area contributed by atoms with Crippen molar-refractivity contribution in [3.8, 4) is 0 Å². The van der Waals surface area contributed by atoms with Crippen LogP contribution in [0.1, 0.15) is 64.7 Å². The zero-order chi connectivity index (χ0) is 16.5. The molecule has 22 heavy (non-hydrogen) atoms. The first kappa shape index (κ1) is 20.6. The Morgan fingerprint density at radius 3 is 2.41 bits per heavy atom. The molecular weight excluding hydrogens is 280 g/mol. The van der Waals surface area contributed by atoms with Crippen molar-refractivity contribution in [1.82, 2.24) is 0 Å². The van der Waals surface area contributed by atoms with Gasteiger partial charge in [-0.15, -0.1) is 0 Å². The Morgan fingerprint density at radius 2 is 1.73 bits per heavy atom. The van der Waals surface area contributed by atoms with Gasteiger partial charge in [-0.1, -0.05) is 55.7 Å². The maximum absolute atomic E-state index is 10.3. The van der Waals surface area contributed by atoms with Crippen molar-refractivity contribution in [3.05, 3.63) is 36.5 Å². The maximum atomic E-state index is 10.3. The van der Waals surface area contributed by atoms with Crippen molar-refractivity contribution in [2.24, 2.45) is 0 Å². The Hall–Kier alpha value is -1.39. The number of hydrogen-bond donors (Lipinski definition) is 2. The van der Waals surface area contributed by atoms with E-state index in [0.29, 0.717) is 12.8 Å². The summed E-state index contributed by atoms with van der Waals surface area (Å²) < 4.78 is 0. The molecule has 126 valence electrons. The number of carboxylic acid groups (broad SMARTS) is 1. The van der Waals surface area contributed by atoms with Gasteiger partial charge in [-0.3, -0.25) is 10.1 Å². The van der Waals surface area contributed by atoms with Crippen LogP contribution in [-0.4, -0.2) is 22.4 Å². The summed E-state index contributed by atoms with van der Waals surface area (Å²) in [6.07, 6.45) is 20.0. The third-order valence-electron chi connectivity index (χ3n) is 3.28. The fourth-order valence-electron chi connectivity index (χ4n) is 2.06. The van der Waals surface area contributed by atoms with Gasteiger partial charge in [0.2, 0.25) is 0 Å². The van der Waals surface area contributed by atoms with Crippen LogP contribution >= 0.6 is 0 Å². The lowest BCUT2D eigenvalue weighted by molar-refractivity contribution is -0.264. The van der Waals surface area contributed by atoms with E-state index in [1.807, 2.05) is 25.2 Å². The molecule has 0 saturated heterocycles. The largest absolute Gasteiger partial charge is 0.481 e. The van der Waals surface area contributed by atoms with E-state index in [4.69, 9.17) is 10.4 Å². The zero-order valence-electron chi connectivity index (χ0n) is 13.6. The van der Waals surface area contributed by atoms with Crippen LogP contribution in [0, 0.1) is 0 Å². The van der Waals surface area contributed by atoms with Gasteiger partial charge in [0.15, 0.2) is 0 Å². The number of hydrogen-bond acceptors (Lipinski definition) is 3. The van der Waals surface area contributed by atoms with E-state index in [1.54, 1.807) is 0 Å². The van der Waals surface area contributed by atoms with Crippen molar-refractivity contribution in [3.63, 3.8) is 0 Å². The first-order chi connectivity index (χ1) is 10.7.